The predicted octanol–water partition coefficient (Wildman–Crippen LogP) is 2.43. The van der Waals surface area contributed by atoms with E-state index in [1.807, 2.05) is 7.05 Å². The van der Waals surface area contributed by atoms with Crippen molar-refractivity contribution in [3.63, 3.8) is 0 Å². The molecule has 0 aromatic carbocycles. The number of nitrogens with zero attached hydrogens (tertiary/aromatic N) is 5. The molecule has 150 valence electrons. The Morgan fingerprint density at radius 2 is 2.04 bits per heavy atom. The lowest BCUT2D eigenvalue weighted by molar-refractivity contribution is 0.259. The number of halogens is 1. The van der Waals surface area contributed by atoms with Crippen molar-refractivity contribution in [2.24, 2.45) is 4.99 Å². The lowest BCUT2D eigenvalue weighted by Crippen LogP contribution is -2.43. The standard InChI is InChI=1S/C19H30N6S.HI/c1-20-18(25-13-7-17(14-25)23-9-2-3-10-23)21-8-6-16-15-26-19(22-16)24-11-4-5-12-24;/h2-3,15,17H,4-14H2,1H3,(H,20,21);1H. The number of anilines is 1. The summed E-state index contributed by atoms with van der Waals surface area (Å²) in [5.74, 6) is 1.04. The highest BCUT2D eigenvalue weighted by molar-refractivity contribution is 14.0. The van der Waals surface area contributed by atoms with Crippen molar-refractivity contribution < 1.29 is 0 Å². The number of nitrogens with one attached hydrogen (secondary N) is 1. The maximum absolute atomic E-state index is 4.81. The van der Waals surface area contributed by atoms with Crippen molar-refractivity contribution >= 4 is 46.4 Å². The zero-order valence-electron chi connectivity index (χ0n) is 16.1. The first-order valence-corrected chi connectivity index (χ1v) is 10.8. The second kappa shape index (κ2) is 10.1. The molecule has 0 saturated carbocycles. The molecule has 0 spiro atoms. The van der Waals surface area contributed by atoms with Gasteiger partial charge in [0.25, 0.3) is 0 Å². The highest BCUT2D eigenvalue weighted by Gasteiger charge is 2.29. The first-order valence-electron chi connectivity index (χ1n) is 9.87. The van der Waals surface area contributed by atoms with Crippen LogP contribution >= 0.6 is 35.3 Å². The van der Waals surface area contributed by atoms with Gasteiger partial charge in [-0.25, -0.2) is 4.98 Å². The molecule has 1 aromatic heterocycles. The second-order valence-electron chi connectivity index (χ2n) is 7.35. The van der Waals surface area contributed by atoms with Gasteiger partial charge in [0.1, 0.15) is 0 Å². The molecule has 27 heavy (non-hydrogen) atoms. The van der Waals surface area contributed by atoms with Gasteiger partial charge in [0, 0.05) is 70.7 Å². The number of aliphatic imine (C=N–C) groups is 1. The summed E-state index contributed by atoms with van der Waals surface area (Å²) in [5, 5.41) is 6.95. The molecule has 3 aliphatic rings. The van der Waals surface area contributed by atoms with Gasteiger partial charge in [-0.1, -0.05) is 12.2 Å². The van der Waals surface area contributed by atoms with Crippen LogP contribution in [0.2, 0.25) is 0 Å². The smallest absolute Gasteiger partial charge is 0.193 e. The van der Waals surface area contributed by atoms with Gasteiger partial charge >= 0.3 is 0 Å². The van der Waals surface area contributed by atoms with Crippen LogP contribution < -0.4 is 10.2 Å². The molecule has 0 aliphatic carbocycles. The Balaban J connectivity index is 0.00000210. The predicted molar refractivity (Wildman–Crippen MR) is 125 cm³/mol. The molecule has 1 N–H and O–H groups in total. The maximum atomic E-state index is 4.81. The molecule has 4 heterocycles. The molecule has 1 unspecified atom stereocenters. The van der Waals surface area contributed by atoms with Gasteiger partial charge in [-0.05, 0) is 19.3 Å². The average Bonchev–Trinajstić information content (AvgIpc) is 3.45. The Morgan fingerprint density at radius 1 is 1.26 bits per heavy atom. The Hall–Kier alpha value is -0.870. The summed E-state index contributed by atoms with van der Waals surface area (Å²) >= 11 is 1.79. The number of thiazole rings is 1. The molecule has 6 nitrogen and oxygen atoms in total. The largest absolute Gasteiger partial charge is 0.356 e. The fourth-order valence-electron chi connectivity index (χ4n) is 4.12. The van der Waals surface area contributed by atoms with Crippen molar-refractivity contribution in [2.75, 3.05) is 57.8 Å². The van der Waals surface area contributed by atoms with E-state index in [1.54, 1.807) is 11.3 Å². The van der Waals surface area contributed by atoms with E-state index in [9.17, 15) is 0 Å². The fraction of sp³-hybridized carbons (Fsp3) is 0.684. The third kappa shape index (κ3) is 5.14. The van der Waals surface area contributed by atoms with Crippen molar-refractivity contribution in [1.29, 1.82) is 0 Å². The number of guanidine groups is 1. The minimum Gasteiger partial charge on any atom is -0.356 e. The summed E-state index contributed by atoms with van der Waals surface area (Å²) in [5.41, 5.74) is 1.20. The summed E-state index contributed by atoms with van der Waals surface area (Å²) in [6, 6.07) is 0.658. The van der Waals surface area contributed by atoms with Gasteiger partial charge in [0.05, 0.1) is 5.69 Å². The van der Waals surface area contributed by atoms with Gasteiger partial charge in [-0.2, -0.15) is 0 Å². The SMILES string of the molecule is CN=C(NCCc1csc(N2CCCC2)n1)N1CCC(N2CC=CC2)C1.I. The van der Waals surface area contributed by atoms with Crippen LogP contribution in [0.4, 0.5) is 5.13 Å². The van der Waals surface area contributed by atoms with Crippen LogP contribution in [-0.2, 0) is 6.42 Å². The van der Waals surface area contributed by atoms with E-state index in [0.717, 1.165) is 45.1 Å². The molecular weight excluding hydrogens is 471 g/mol. The Bertz CT molecular complexity index is 646. The highest BCUT2D eigenvalue weighted by atomic mass is 127. The van der Waals surface area contributed by atoms with Crippen LogP contribution in [0.3, 0.4) is 0 Å². The minimum atomic E-state index is 0. The van der Waals surface area contributed by atoms with Crippen LogP contribution in [-0.4, -0.2) is 79.6 Å². The Morgan fingerprint density at radius 3 is 2.78 bits per heavy atom. The van der Waals surface area contributed by atoms with Crippen molar-refractivity contribution in [2.45, 2.75) is 31.7 Å². The van der Waals surface area contributed by atoms with Crippen LogP contribution in [0.15, 0.2) is 22.5 Å². The van der Waals surface area contributed by atoms with Gasteiger partial charge in [-0.15, -0.1) is 35.3 Å². The van der Waals surface area contributed by atoms with Gasteiger partial charge in [-0.3, -0.25) is 9.89 Å². The molecule has 0 bridgehead atoms. The van der Waals surface area contributed by atoms with E-state index < -0.39 is 0 Å². The molecule has 3 aliphatic heterocycles. The highest BCUT2D eigenvalue weighted by Crippen LogP contribution is 2.24. The van der Waals surface area contributed by atoms with Crippen LogP contribution in [0.25, 0.3) is 0 Å². The van der Waals surface area contributed by atoms with Gasteiger partial charge in [0.15, 0.2) is 11.1 Å². The van der Waals surface area contributed by atoms with E-state index >= 15 is 0 Å². The molecule has 0 amide bonds. The van der Waals surface area contributed by atoms with E-state index in [-0.39, 0.29) is 24.0 Å². The summed E-state index contributed by atoms with van der Waals surface area (Å²) in [4.78, 5) is 16.7. The molecule has 4 rings (SSSR count). The second-order valence-corrected chi connectivity index (χ2v) is 8.19. The zero-order chi connectivity index (χ0) is 17.8. The van der Waals surface area contributed by atoms with E-state index in [2.05, 4.69) is 42.5 Å². The third-order valence-electron chi connectivity index (χ3n) is 5.62. The molecular formula is C19H31IN6S. The van der Waals surface area contributed by atoms with Crippen molar-refractivity contribution in [3.8, 4) is 0 Å². The van der Waals surface area contributed by atoms with Crippen LogP contribution in [0, 0.1) is 0 Å². The summed E-state index contributed by atoms with van der Waals surface area (Å²) in [7, 11) is 1.89. The van der Waals surface area contributed by atoms with E-state index in [0.29, 0.717) is 6.04 Å². The first kappa shape index (κ1) is 20.9. The Kier molecular flexibility index (Phi) is 7.77. The molecule has 0 radical (unpaired) electrons. The number of likely N-dealkylation sites (tertiary alicyclic amines) is 1. The average molecular weight is 502 g/mol. The Labute approximate surface area is 183 Å². The van der Waals surface area contributed by atoms with Crippen molar-refractivity contribution in [3.05, 3.63) is 23.2 Å². The monoisotopic (exact) mass is 502 g/mol. The van der Waals surface area contributed by atoms with Gasteiger partial charge in [0.2, 0.25) is 0 Å². The maximum Gasteiger partial charge on any atom is 0.193 e. The molecule has 1 aromatic rings. The molecule has 8 heteroatoms. The fourth-order valence-corrected chi connectivity index (χ4v) is 5.04. The topological polar surface area (TPSA) is 47.0 Å². The number of hydrogen-bond acceptors (Lipinski definition) is 5. The normalized spacial score (nSPS) is 23.3. The first-order chi connectivity index (χ1) is 12.8. The van der Waals surface area contributed by atoms with Crippen LogP contribution in [0.1, 0.15) is 25.0 Å². The summed E-state index contributed by atoms with van der Waals surface area (Å²) in [6.07, 6.45) is 9.35. The zero-order valence-corrected chi connectivity index (χ0v) is 19.3. The molecule has 2 fully saturated rings. The number of hydrogen-bond donors (Lipinski definition) is 1. The lowest BCUT2D eigenvalue weighted by atomic mass is 10.2. The summed E-state index contributed by atoms with van der Waals surface area (Å²) < 4.78 is 0. The molecule has 2 saturated heterocycles. The molecule has 1 atom stereocenters. The number of rotatable bonds is 5. The quantitative estimate of drug-likeness (QED) is 0.290. The van der Waals surface area contributed by atoms with Gasteiger partial charge < -0.3 is 15.1 Å². The minimum absolute atomic E-state index is 0. The number of aromatic nitrogens is 1. The van der Waals surface area contributed by atoms with Crippen molar-refractivity contribution in [1.82, 2.24) is 20.1 Å². The lowest BCUT2D eigenvalue weighted by Gasteiger charge is -2.25. The third-order valence-corrected chi connectivity index (χ3v) is 6.57. The van der Waals surface area contributed by atoms with E-state index in [1.165, 1.54) is 43.2 Å². The van der Waals surface area contributed by atoms with Crippen LogP contribution in [0.5, 0.6) is 0 Å². The van der Waals surface area contributed by atoms with E-state index in [4.69, 9.17) is 4.98 Å². The summed E-state index contributed by atoms with van der Waals surface area (Å²) in [6.45, 7) is 7.61.